The Morgan fingerprint density at radius 2 is 2.00 bits per heavy atom. The van der Waals surface area contributed by atoms with Gasteiger partial charge in [0.1, 0.15) is 5.37 Å². The van der Waals surface area contributed by atoms with Crippen LogP contribution < -0.4 is 5.73 Å². The maximum atomic E-state index is 12.1. The van der Waals surface area contributed by atoms with Gasteiger partial charge in [0.05, 0.1) is 6.04 Å². The summed E-state index contributed by atoms with van der Waals surface area (Å²) in [6.07, 6.45) is 1.30. The van der Waals surface area contributed by atoms with Gasteiger partial charge < -0.3 is 5.73 Å². The van der Waals surface area contributed by atoms with E-state index >= 15 is 0 Å². The van der Waals surface area contributed by atoms with Gasteiger partial charge in [-0.1, -0.05) is 23.7 Å². The Labute approximate surface area is 135 Å². The predicted octanol–water partition coefficient (Wildman–Crippen LogP) is 2.15. The van der Waals surface area contributed by atoms with Crippen molar-refractivity contribution in [2.45, 2.75) is 24.4 Å². The molecule has 0 aromatic heterocycles. The van der Waals surface area contributed by atoms with E-state index in [4.69, 9.17) is 17.3 Å². The molecule has 1 aromatic carbocycles. The van der Waals surface area contributed by atoms with Gasteiger partial charge in [-0.15, -0.1) is 0 Å². The Morgan fingerprint density at radius 1 is 1.38 bits per heavy atom. The van der Waals surface area contributed by atoms with Crippen molar-refractivity contribution in [3.8, 4) is 0 Å². The number of rotatable bonds is 4. The zero-order chi connectivity index (χ0) is 15.6. The highest BCUT2D eigenvalue weighted by atomic mass is 35.5. The van der Waals surface area contributed by atoms with Gasteiger partial charge in [-0.05, 0) is 24.6 Å². The fourth-order valence-electron chi connectivity index (χ4n) is 2.74. The van der Waals surface area contributed by atoms with E-state index in [1.165, 1.54) is 6.26 Å². The fraction of sp³-hybridized carbons (Fsp3) is 0.571. The monoisotopic (exact) mass is 348 g/mol. The zero-order valence-electron chi connectivity index (χ0n) is 12.2. The molecule has 21 heavy (non-hydrogen) atoms. The average molecular weight is 349 g/mol. The van der Waals surface area contributed by atoms with Crippen LogP contribution in [0.2, 0.25) is 5.02 Å². The number of hydrogen-bond acceptors (Lipinski definition) is 5. The van der Waals surface area contributed by atoms with Crippen LogP contribution in [-0.4, -0.2) is 49.0 Å². The van der Waals surface area contributed by atoms with Gasteiger partial charge in [0.25, 0.3) is 0 Å². The van der Waals surface area contributed by atoms with Crippen molar-refractivity contribution in [3.63, 3.8) is 0 Å². The molecule has 1 saturated heterocycles. The predicted molar refractivity (Wildman–Crippen MR) is 90.5 cm³/mol. The molecule has 4 nitrogen and oxygen atoms in total. The van der Waals surface area contributed by atoms with Crippen molar-refractivity contribution < 1.29 is 8.42 Å². The Morgan fingerprint density at radius 3 is 2.52 bits per heavy atom. The minimum absolute atomic E-state index is 0.122. The van der Waals surface area contributed by atoms with Crippen LogP contribution in [0, 0.1) is 0 Å². The smallest absolute Gasteiger partial charge is 0.164 e. The maximum Gasteiger partial charge on any atom is 0.164 e. The minimum atomic E-state index is -3.15. The topological polar surface area (TPSA) is 63.4 Å². The van der Waals surface area contributed by atoms with Crippen molar-refractivity contribution in [1.82, 2.24) is 4.90 Å². The second-order valence-electron chi connectivity index (χ2n) is 5.45. The lowest BCUT2D eigenvalue weighted by molar-refractivity contribution is 0.172. The number of nitrogens with zero attached hydrogens (tertiary/aromatic N) is 1. The quantitative estimate of drug-likeness (QED) is 0.903. The summed E-state index contributed by atoms with van der Waals surface area (Å²) in [6.45, 7) is 2.64. The van der Waals surface area contributed by atoms with Crippen molar-refractivity contribution in [1.29, 1.82) is 0 Å². The lowest BCUT2D eigenvalue weighted by Gasteiger charge is -2.41. The van der Waals surface area contributed by atoms with Gasteiger partial charge in [0.2, 0.25) is 0 Å². The van der Waals surface area contributed by atoms with Crippen LogP contribution >= 0.6 is 23.4 Å². The summed E-state index contributed by atoms with van der Waals surface area (Å²) in [5.74, 6) is 1.51. The van der Waals surface area contributed by atoms with E-state index in [1.54, 1.807) is 11.8 Å². The van der Waals surface area contributed by atoms with Crippen molar-refractivity contribution >= 4 is 33.2 Å². The summed E-state index contributed by atoms with van der Waals surface area (Å²) in [7, 11) is -3.15. The van der Waals surface area contributed by atoms with Gasteiger partial charge >= 0.3 is 0 Å². The second kappa shape index (κ2) is 6.87. The van der Waals surface area contributed by atoms with E-state index in [-0.39, 0.29) is 12.1 Å². The van der Waals surface area contributed by atoms with Crippen LogP contribution in [0.25, 0.3) is 0 Å². The first-order chi connectivity index (χ1) is 9.80. The molecule has 1 aliphatic heterocycles. The molecule has 0 bridgehead atoms. The molecule has 1 aliphatic rings. The molecule has 3 unspecified atom stereocenters. The minimum Gasteiger partial charge on any atom is -0.326 e. The maximum absolute atomic E-state index is 12.1. The first-order valence-corrected chi connectivity index (χ1v) is 10.3. The molecule has 0 aliphatic carbocycles. The molecule has 1 heterocycles. The Balaban J connectivity index is 2.38. The number of benzene rings is 1. The largest absolute Gasteiger partial charge is 0.326 e. The van der Waals surface area contributed by atoms with Crippen molar-refractivity contribution in [2.75, 3.05) is 24.3 Å². The van der Waals surface area contributed by atoms with E-state index < -0.39 is 15.2 Å². The Kier molecular flexibility index (Phi) is 5.59. The third-order valence-electron chi connectivity index (χ3n) is 3.69. The van der Waals surface area contributed by atoms with Crippen molar-refractivity contribution in [2.24, 2.45) is 5.73 Å². The normalized spacial score (nSPS) is 23.7. The Hall–Kier alpha value is -0.270. The van der Waals surface area contributed by atoms with E-state index in [2.05, 4.69) is 0 Å². The molecule has 1 aromatic rings. The SMILES string of the molecule is CC(N)C(c1ccc(Cl)cc1)N1CCSCC1S(C)(=O)=O. The lowest BCUT2D eigenvalue weighted by atomic mass is 9.99. The number of hydrogen-bond donors (Lipinski definition) is 1. The Bertz CT molecular complexity index is 575. The van der Waals surface area contributed by atoms with Crippen molar-refractivity contribution in [3.05, 3.63) is 34.9 Å². The fourth-order valence-corrected chi connectivity index (χ4v) is 5.77. The third kappa shape index (κ3) is 4.13. The summed E-state index contributed by atoms with van der Waals surface area (Å²) < 4.78 is 24.2. The highest BCUT2D eigenvalue weighted by molar-refractivity contribution is 8.00. The highest BCUT2D eigenvalue weighted by Crippen LogP contribution is 2.32. The van der Waals surface area contributed by atoms with E-state index in [1.807, 2.05) is 36.1 Å². The number of thioether (sulfide) groups is 1. The molecule has 0 spiro atoms. The molecule has 3 atom stereocenters. The van der Waals surface area contributed by atoms with Crippen LogP contribution in [0.15, 0.2) is 24.3 Å². The molecule has 7 heteroatoms. The van der Waals surface area contributed by atoms with Gasteiger partial charge in [-0.3, -0.25) is 4.90 Å². The van der Waals surface area contributed by atoms with Gasteiger partial charge in [0, 0.05) is 35.4 Å². The molecule has 1 fully saturated rings. The first-order valence-electron chi connectivity index (χ1n) is 6.84. The second-order valence-corrected chi connectivity index (χ2v) is 9.24. The van der Waals surface area contributed by atoms with Crippen LogP contribution in [-0.2, 0) is 9.84 Å². The van der Waals surface area contributed by atoms with Gasteiger partial charge in [-0.2, -0.15) is 11.8 Å². The van der Waals surface area contributed by atoms with E-state index in [9.17, 15) is 8.42 Å². The van der Waals surface area contributed by atoms with Crippen LogP contribution in [0.1, 0.15) is 18.5 Å². The molecular formula is C14H21ClN2O2S2. The molecule has 0 amide bonds. The molecule has 2 rings (SSSR count). The van der Waals surface area contributed by atoms with E-state index in [0.29, 0.717) is 10.8 Å². The number of sulfone groups is 1. The third-order valence-corrected chi connectivity index (χ3v) is 6.60. The molecule has 2 N–H and O–H groups in total. The number of nitrogens with two attached hydrogens (primary N) is 1. The molecule has 118 valence electrons. The molecule has 0 radical (unpaired) electrons. The summed E-state index contributed by atoms with van der Waals surface area (Å²) in [6, 6.07) is 7.21. The van der Waals surface area contributed by atoms with Gasteiger partial charge in [-0.25, -0.2) is 8.42 Å². The van der Waals surface area contributed by atoms with Crippen LogP contribution in [0.5, 0.6) is 0 Å². The lowest BCUT2D eigenvalue weighted by Crippen LogP contribution is -2.52. The number of halogens is 1. The summed E-state index contributed by atoms with van der Waals surface area (Å²) in [4.78, 5) is 2.03. The molecular weight excluding hydrogens is 328 g/mol. The van der Waals surface area contributed by atoms with Crippen LogP contribution in [0.3, 0.4) is 0 Å². The summed E-state index contributed by atoms with van der Waals surface area (Å²) >= 11 is 7.62. The summed E-state index contributed by atoms with van der Waals surface area (Å²) in [5.41, 5.74) is 7.18. The van der Waals surface area contributed by atoms with Crippen LogP contribution in [0.4, 0.5) is 0 Å². The molecule has 0 saturated carbocycles. The highest BCUT2D eigenvalue weighted by Gasteiger charge is 2.37. The summed E-state index contributed by atoms with van der Waals surface area (Å²) in [5, 5.41) is 0.180. The van der Waals surface area contributed by atoms with E-state index in [0.717, 1.165) is 17.9 Å². The first kappa shape index (κ1) is 17.1. The zero-order valence-corrected chi connectivity index (χ0v) is 14.6. The van der Waals surface area contributed by atoms with Gasteiger partial charge in [0.15, 0.2) is 9.84 Å². The standard InChI is InChI=1S/C14H21ClN2O2S2/c1-10(16)14(11-3-5-12(15)6-4-11)17-7-8-20-9-13(17)21(2,18)19/h3-6,10,13-14H,7-9,16H2,1-2H3. The average Bonchev–Trinajstić information content (AvgIpc) is 2.40.